The van der Waals surface area contributed by atoms with Crippen LogP contribution in [0.25, 0.3) is 5.65 Å². The highest BCUT2D eigenvalue weighted by atomic mass is 16.2. The number of nitrogens with zero attached hydrogens (tertiary/aromatic N) is 7. The van der Waals surface area contributed by atoms with Gasteiger partial charge in [-0.25, -0.2) is 0 Å². The average molecular weight is 326 g/mol. The van der Waals surface area contributed by atoms with Crippen molar-refractivity contribution in [1.82, 2.24) is 29.6 Å². The molecule has 0 radical (unpaired) electrons. The van der Waals surface area contributed by atoms with Crippen LogP contribution >= 0.6 is 0 Å². The lowest BCUT2D eigenvalue weighted by molar-refractivity contribution is -0.117. The molecule has 0 saturated carbocycles. The molecule has 1 saturated heterocycles. The molecule has 0 aromatic carbocycles. The third kappa shape index (κ3) is 2.29. The lowest BCUT2D eigenvalue weighted by Gasteiger charge is -2.17. The van der Waals surface area contributed by atoms with Gasteiger partial charge in [-0.3, -0.25) is 14.4 Å². The summed E-state index contributed by atoms with van der Waals surface area (Å²) in [6, 6.07) is 5.26. The van der Waals surface area contributed by atoms with Crippen LogP contribution in [0.15, 0.2) is 18.2 Å². The second kappa shape index (κ2) is 5.29. The second-order valence-electron chi connectivity index (χ2n) is 5.98. The molecule has 124 valence electrons. The number of carbonyl (C=O) groups excluding carboxylic acids is 1. The van der Waals surface area contributed by atoms with E-state index in [9.17, 15) is 4.79 Å². The molecular formula is C15H18N8O. The summed E-state index contributed by atoms with van der Waals surface area (Å²) < 4.78 is 3.39. The van der Waals surface area contributed by atoms with E-state index in [1.807, 2.05) is 39.1 Å². The van der Waals surface area contributed by atoms with Crippen molar-refractivity contribution in [1.29, 1.82) is 0 Å². The normalized spacial score (nSPS) is 17.9. The number of rotatable bonds is 3. The van der Waals surface area contributed by atoms with Crippen molar-refractivity contribution in [2.75, 3.05) is 16.8 Å². The van der Waals surface area contributed by atoms with Crippen LogP contribution in [0.3, 0.4) is 0 Å². The summed E-state index contributed by atoms with van der Waals surface area (Å²) in [5.74, 6) is 2.19. The summed E-state index contributed by atoms with van der Waals surface area (Å²) in [5, 5.41) is 20.0. The Kier molecular flexibility index (Phi) is 3.22. The van der Waals surface area contributed by atoms with Gasteiger partial charge in [0.1, 0.15) is 17.7 Å². The minimum atomic E-state index is -0.304. The standard InChI is InChI=1S/C15H18N8O/c1-9-8-14(21(3)19-9)22-7-6-11(15(22)24)16-12-4-5-13-18-17-10(2)23(13)20-12/h4-5,8,11H,6-7H2,1-3H3,(H,16,20). The molecule has 0 spiro atoms. The minimum absolute atomic E-state index is 0.0281. The molecule has 1 atom stereocenters. The van der Waals surface area contributed by atoms with Gasteiger partial charge in [0.15, 0.2) is 11.5 Å². The zero-order valence-corrected chi connectivity index (χ0v) is 13.8. The Morgan fingerprint density at radius 1 is 1.21 bits per heavy atom. The summed E-state index contributed by atoms with van der Waals surface area (Å²) >= 11 is 0. The smallest absolute Gasteiger partial charge is 0.250 e. The van der Waals surface area contributed by atoms with Crippen molar-refractivity contribution in [3.8, 4) is 0 Å². The monoisotopic (exact) mass is 326 g/mol. The molecule has 4 heterocycles. The predicted molar refractivity (Wildman–Crippen MR) is 87.8 cm³/mol. The SMILES string of the molecule is Cc1cc(N2CCC(Nc3ccc4nnc(C)n4n3)C2=O)n(C)n1. The molecule has 1 amide bonds. The molecule has 3 aromatic heterocycles. The second-order valence-corrected chi connectivity index (χ2v) is 5.98. The van der Waals surface area contributed by atoms with Crippen LogP contribution in [-0.2, 0) is 11.8 Å². The zero-order valence-electron chi connectivity index (χ0n) is 13.8. The molecule has 4 rings (SSSR count). The Bertz CT molecular complexity index is 927. The average Bonchev–Trinajstić information content (AvgIpc) is 3.19. The maximum atomic E-state index is 12.7. The van der Waals surface area contributed by atoms with Crippen LogP contribution in [0.4, 0.5) is 11.6 Å². The quantitative estimate of drug-likeness (QED) is 0.761. The zero-order chi connectivity index (χ0) is 16.8. The Morgan fingerprint density at radius 2 is 2.04 bits per heavy atom. The van der Waals surface area contributed by atoms with Gasteiger partial charge in [-0.2, -0.15) is 9.61 Å². The van der Waals surface area contributed by atoms with Crippen LogP contribution < -0.4 is 10.2 Å². The molecular weight excluding hydrogens is 308 g/mol. The number of aromatic nitrogens is 6. The lowest BCUT2D eigenvalue weighted by Crippen LogP contribution is -2.34. The number of fused-ring (bicyclic) bond motifs is 1. The van der Waals surface area contributed by atoms with E-state index in [2.05, 4.69) is 25.7 Å². The van der Waals surface area contributed by atoms with E-state index in [0.29, 0.717) is 30.3 Å². The molecule has 1 unspecified atom stereocenters. The van der Waals surface area contributed by atoms with Crippen LogP contribution in [0, 0.1) is 13.8 Å². The molecule has 0 aliphatic carbocycles. The third-order valence-corrected chi connectivity index (χ3v) is 4.20. The van der Waals surface area contributed by atoms with Crippen LogP contribution in [0.5, 0.6) is 0 Å². The first-order valence-corrected chi connectivity index (χ1v) is 7.80. The largest absolute Gasteiger partial charge is 0.357 e. The van der Waals surface area contributed by atoms with Crippen molar-refractivity contribution in [3.63, 3.8) is 0 Å². The first-order valence-electron chi connectivity index (χ1n) is 7.80. The third-order valence-electron chi connectivity index (χ3n) is 4.20. The summed E-state index contributed by atoms with van der Waals surface area (Å²) in [4.78, 5) is 14.5. The van der Waals surface area contributed by atoms with Gasteiger partial charge in [0.05, 0.1) is 5.69 Å². The number of carbonyl (C=O) groups is 1. The van der Waals surface area contributed by atoms with Gasteiger partial charge in [-0.1, -0.05) is 0 Å². The number of aryl methyl sites for hydroxylation is 3. The van der Waals surface area contributed by atoms with Gasteiger partial charge in [-0.05, 0) is 32.4 Å². The van der Waals surface area contributed by atoms with Gasteiger partial charge in [0, 0.05) is 19.7 Å². The fourth-order valence-electron chi connectivity index (χ4n) is 3.04. The molecule has 1 aliphatic heterocycles. The number of anilines is 2. The number of hydrogen-bond donors (Lipinski definition) is 1. The lowest BCUT2D eigenvalue weighted by atomic mass is 10.2. The van der Waals surface area contributed by atoms with E-state index < -0.39 is 0 Å². The summed E-state index contributed by atoms with van der Waals surface area (Å²) in [6.45, 7) is 4.41. The van der Waals surface area contributed by atoms with E-state index in [0.717, 1.165) is 11.5 Å². The Labute approximate surface area is 138 Å². The van der Waals surface area contributed by atoms with E-state index in [1.54, 1.807) is 14.1 Å². The Hall–Kier alpha value is -2.97. The highest BCUT2D eigenvalue weighted by molar-refractivity contribution is 6.00. The van der Waals surface area contributed by atoms with Gasteiger partial charge < -0.3 is 5.32 Å². The van der Waals surface area contributed by atoms with Crippen molar-refractivity contribution < 1.29 is 4.79 Å². The minimum Gasteiger partial charge on any atom is -0.357 e. The van der Waals surface area contributed by atoms with E-state index in [4.69, 9.17) is 0 Å². The van der Waals surface area contributed by atoms with E-state index >= 15 is 0 Å². The first-order chi connectivity index (χ1) is 11.5. The fourth-order valence-corrected chi connectivity index (χ4v) is 3.04. The molecule has 0 bridgehead atoms. The topological polar surface area (TPSA) is 93.2 Å². The highest BCUT2D eigenvalue weighted by Gasteiger charge is 2.34. The van der Waals surface area contributed by atoms with Crippen molar-refractivity contribution in [2.45, 2.75) is 26.3 Å². The van der Waals surface area contributed by atoms with Crippen molar-refractivity contribution >= 4 is 23.2 Å². The van der Waals surface area contributed by atoms with Gasteiger partial charge in [0.25, 0.3) is 5.91 Å². The molecule has 9 heteroatoms. The number of hydrogen-bond acceptors (Lipinski definition) is 6. The number of nitrogens with one attached hydrogen (secondary N) is 1. The fraction of sp³-hybridized carbons (Fsp3) is 0.400. The Balaban J connectivity index is 1.55. The Morgan fingerprint density at radius 3 is 2.79 bits per heavy atom. The molecule has 1 fully saturated rings. The summed E-state index contributed by atoms with van der Waals surface area (Å²) in [5.41, 5.74) is 1.58. The molecule has 9 nitrogen and oxygen atoms in total. The van der Waals surface area contributed by atoms with Crippen LogP contribution in [0.2, 0.25) is 0 Å². The van der Waals surface area contributed by atoms with Gasteiger partial charge in [-0.15, -0.1) is 15.3 Å². The molecule has 3 aromatic rings. The van der Waals surface area contributed by atoms with E-state index in [1.165, 1.54) is 0 Å². The number of amides is 1. The summed E-state index contributed by atoms with van der Waals surface area (Å²) in [7, 11) is 1.85. The van der Waals surface area contributed by atoms with Crippen molar-refractivity contribution in [2.24, 2.45) is 7.05 Å². The van der Waals surface area contributed by atoms with Gasteiger partial charge >= 0.3 is 0 Å². The maximum absolute atomic E-state index is 12.7. The first kappa shape index (κ1) is 14.6. The molecule has 1 N–H and O–H groups in total. The van der Waals surface area contributed by atoms with E-state index in [-0.39, 0.29) is 11.9 Å². The van der Waals surface area contributed by atoms with Crippen molar-refractivity contribution in [3.05, 3.63) is 29.7 Å². The maximum Gasteiger partial charge on any atom is 0.250 e. The molecule has 24 heavy (non-hydrogen) atoms. The molecule has 1 aliphatic rings. The van der Waals surface area contributed by atoms with Crippen LogP contribution in [-0.4, -0.2) is 48.1 Å². The van der Waals surface area contributed by atoms with Gasteiger partial charge in [0.2, 0.25) is 0 Å². The van der Waals surface area contributed by atoms with Crippen LogP contribution in [0.1, 0.15) is 17.9 Å². The highest BCUT2D eigenvalue weighted by Crippen LogP contribution is 2.23. The summed E-state index contributed by atoms with van der Waals surface area (Å²) in [6.07, 6.45) is 0.712. The predicted octanol–water partition coefficient (Wildman–Crippen LogP) is 0.692.